The number of rotatable bonds is 3. The summed E-state index contributed by atoms with van der Waals surface area (Å²) in [7, 11) is -3.99. The van der Waals surface area contributed by atoms with E-state index in [-0.39, 0.29) is 12.3 Å². The van der Waals surface area contributed by atoms with Crippen molar-refractivity contribution >= 4 is 32.8 Å². The molecule has 92 valence electrons. The van der Waals surface area contributed by atoms with Gasteiger partial charge in [-0.2, -0.15) is 13.0 Å². The molecule has 2 aromatic rings. The zero-order valence-corrected chi connectivity index (χ0v) is 10.6. The first-order chi connectivity index (χ1) is 7.87. The Kier molecular flexibility index (Phi) is 3.11. The molecule has 2 rings (SSSR count). The van der Waals surface area contributed by atoms with Crippen molar-refractivity contribution < 1.29 is 22.0 Å². The number of hydrogen-bond acceptors (Lipinski definition) is 3. The molecular weight excluding hydrogens is 266 g/mol. The van der Waals surface area contributed by atoms with E-state index in [0.717, 1.165) is 0 Å². The van der Waals surface area contributed by atoms with Crippen molar-refractivity contribution in [2.24, 2.45) is 0 Å². The minimum atomic E-state index is -3.99. The molecule has 0 radical (unpaired) electrons. The Balaban J connectivity index is 2.45. The number of benzene rings is 1. The number of halogens is 1. The fourth-order valence-electron chi connectivity index (χ4n) is 1.66. The monoisotopic (exact) mass is 276 g/mol. The maximum Gasteiger partial charge on any atom is 0.344 e. The van der Waals surface area contributed by atoms with E-state index >= 15 is 0 Å². The Morgan fingerprint density at radius 2 is 2.18 bits per heavy atom. The molecule has 0 atom stereocenters. The van der Waals surface area contributed by atoms with Gasteiger partial charge in [0.05, 0.1) is 6.92 Å². The third-order valence-corrected chi connectivity index (χ3v) is 3.36. The fourth-order valence-corrected chi connectivity index (χ4v) is 2.24. The maximum atomic E-state index is 10.7. The van der Waals surface area contributed by atoms with Crippen LogP contribution in [0, 0.1) is 6.92 Å². The Morgan fingerprint density at radius 1 is 1.47 bits per heavy atom. The summed E-state index contributed by atoms with van der Waals surface area (Å²) in [5.41, 5.74) is 1.33. The molecule has 0 saturated carbocycles. The second-order valence-electron chi connectivity index (χ2n) is 3.67. The summed E-state index contributed by atoms with van der Waals surface area (Å²) in [4.78, 5) is 0. The van der Waals surface area contributed by atoms with Crippen LogP contribution in [-0.2, 0) is 16.7 Å². The van der Waals surface area contributed by atoms with Gasteiger partial charge in [0.2, 0.25) is 5.58 Å². The molecule has 0 fully saturated rings. The molecule has 1 aromatic heterocycles. The zero-order chi connectivity index (χ0) is 12.6. The van der Waals surface area contributed by atoms with Crippen molar-refractivity contribution in [3.63, 3.8) is 0 Å². The summed E-state index contributed by atoms with van der Waals surface area (Å²) >= 11 is 5.87. The van der Waals surface area contributed by atoms with E-state index in [1.165, 1.54) is 0 Å². The van der Waals surface area contributed by atoms with Gasteiger partial charge in [0.1, 0.15) is 5.75 Å². The quantitative estimate of drug-likeness (QED) is 0.682. The normalized spacial score (nSPS) is 12.2. The molecule has 1 heterocycles. The molecule has 0 amide bonds. The van der Waals surface area contributed by atoms with Gasteiger partial charge in [0, 0.05) is 11.1 Å². The first kappa shape index (κ1) is 12.3. The SMILES string of the molecule is Cc1oc2ccc(Cl)cc2[n+]1CCS(=O)(=O)O. The lowest BCUT2D eigenvalue weighted by molar-refractivity contribution is -0.678. The molecule has 0 aliphatic rings. The lowest BCUT2D eigenvalue weighted by atomic mass is 10.3. The van der Waals surface area contributed by atoms with Gasteiger partial charge < -0.3 is 4.42 Å². The van der Waals surface area contributed by atoms with Gasteiger partial charge >= 0.3 is 5.89 Å². The average molecular weight is 277 g/mol. The highest BCUT2D eigenvalue weighted by molar-refractivity contribution is 7.85. The Labute approximate surface area is 103 Å². The molecule has 0 aliphatic heterocycles. The molecule has 5 nitrogen and oxygen atoms in total. The van der Waals surface area contributed by atoms with Gasteiger partial charge in [-0.15, -0.1) is 0 Å². The maximum absolute atomic E-state index is 10.7. The van der Waals surface area contributed by atoms with Gasteiger partial charge in [0.25, 0.3) is 15.6 Å². The Hall–Kier alpha value is -1.11. The summed E-state index contributed by atoms with van der Waals surface area (Å²) in [5, 5.41) is 0.541. The number of aromatic nitrogens is 1. The van der Waals surface area contributed by atoms with E-state index < -0.39 is 10.1 Å². The molecule has 0 saturated heterocycles. The van der Waals surface area contributed by atoms with Crippen molar-refractivity contribution in [2.45, 2.75) is 13.5 Å². The van der Waals surface area contributed by atoms with Crippen molar-refractivity contribution in [1.29, 1.82) is 0 Å². The van der Waals surface area contributed by atoms with E-state index in [4.69, 9.17) is 20.6 Å². The second kappa shape index (κ2) is 4.29. The summed E-state index contributed by atoms with van der Waals surface area (Å²) in [6.45, 7) is 1.84. The zero-order valence-electron chi connectivity index (χ0n) is 9.05. The van der Waals surface area contributed by atoms with Crippen LogP contribution in [0.15, 0.2) is 22.6 Å². The molecule has 1 N–H and O–H groups in total. The smallest absolute Gasteiger partial charge is 0.344 e. The minimum Gasteiger partial charge on any atom is -0.402 e. The summed E-state index contributed by atoms with van der Waals surface area (Å²) in [5.74, 6) is 0.200. The fraction of sp³-hybridized carbons (Fsp3) is 0.300. The highest BCUT2D eigenvalue weighted by Gasteiger charge is 2.21. The minimum absolute atomic E-state index is 0.123. The van der Waals surface area contributed by atoms with Crippen molar-refractivity contribution in [1.82, 2.24) is 0 Å². The van der Waals surface area contributed by atoms with Crippen LogP contribution in [0.25, 0.3) is 11.1 Å². The van der Waals surface area contributed by atoms with Crippen LogP contribution in [0.2, 0.25) is 5.02 Å². The van der Waals surface area contributed by atoms with Crippen molar-refractivity contribution in [3.05, 3.63) is 29.1 Å². The Bertz CT molecular complexity index is 662. The van der Waals surface area contributed by atoms with E-state index in [2.05, 4.69) is 0 Å². The lowest BCUT2D eigenvalue weighted by Crippen LogP contribution is -2.38. The van der Waals surface area contributed by atoms with E-state index in [1.54, 1.807) is 29.7 Å². The number of oxazole rings is 1. The van der Waals surface area contributed by atoms with Crippen molar-refractivity contribution in [2.75, 3.05) is 5.75 Å². The van der Waals surface area contributed by atoms with E-state index in [0.29, 0.717) is 22.0 Å². The van der Waals surface area contributed by atoms with Gasteiger partial charge in [-0.3, -0.25) is 4.55 Å². The van der Waals surface area contributed by atoms with Gasteiger partial charge in [-0.05, 0) is 12.1 Å². The Morgan fingerprint density at radius 3 is 2.82 bits per heavy atom. The molecule has 0 spiro atoms. The van der Waals surface area contributed by atoms with Crippen LogP contribution in [0.5, 0.6) is 0 Å². The van der Waals surface area contributed by atoms with E-state index in [9.17, 15) is 8.42 Å². The highest BCUT2D eigenvalue weighted by atomic mass is 35.5. The van der Waals surface area contributed by atoms with Crippen LogP contribution < -0.4 is 4.57 Å². The second-order valence-corrected chi connectivity index (χ2v) is 5.68. The standard InChI is InChI=1S/C10H10ClNO4S/c1-7-12(4-5-17(13,14)15)9-6-8(11)2-3-10(9)16-7/h2-3,6H,4-5H2,1H3/p+1. The highest BCUT2D eigenvalue weighted by Crippen LogP contribution is 2.18. The molecule has 17 heavy (non-hydrogen) atoms. The topological polar surface area (TPSA) is 71.4 Å². The van der Waals surface area contributed by atoms with Crippen molar-refractivity contribution in [3.8, 4) is 0 Å². The molecule has 1 aromatic carbocycles. The summed E-state index contributed by atoms with van der Waals surface area (Å²) < 4.78 is 37.3. The predicted octanol–water partition coefficient (Wildman–Crippen LogP) is 1.57. The molecule has 0 bridgehead atoms. The first-order valence-corrected chi connectivity index (χ1v) is 6.89. The van der Waals surface area contributed by atoms with Crippen LogP contribution in [-0.4, -0.2) is 18.7 Å². The van der Waals surface area contributed by atoms with Crippen LogP contribution in [0.1, 0.15) is 5.89 Å². The first-order valence-electron chi connectivity index (χ1n) is 4.90. The molecular formula is C10H11ClNO4S+. The number of nitrogens with zero attached hydrogens (tertiary/aromatic N) is 1. The largest absolute Gasteiger partial charge is 0.402 e. The van der Waals surface area contributed by atoms with E-state index in [1.807, 2.05) is 0 Å². The van der Waals surface area contributed by atoms with Gasteiger partial charge in [-0.1, -0.05) is 11.6 Å². The predicted molar refractivity (Wildman–Crippen MR) is 62.6 cm³/mol. The molecule has 0 aliphatic carbocycles. The lowest BCUT2D eigenvalue weighted by Gasteiger charge is -1.94. The number of aryl methyl sites for hydroxylation is 2. The number of fused-ring (bicyclic) bond motifs is 1. The third kappa shape index (κ3) is 2.77. The van der Waals surface area contributed by atoms with Gasteiger partial charge in [0.15, 0.2) is 6.54 Å². The van der Waals surface area contributed by atoms with Crippen LogP contribution in [0.4, 0.5) is 0 Å². The van der Waals surface area contributed by atoms with Gasteiger partial charge in [-0.25, -0.2) is 0 Å². The number of hydrogen-bond donors (Lipinski definition) is 1. The van der Waals surface area contributed by atoms with Crippen LogP contribution >= 0.6 is 11.6 Å². The average Bonchev–Trinajstić information content (AvgIpc) is 2.49. The van der Waals surface area contributed by atoms with Crippen LogP contribution in [0.3, 0.4) is 0 Å². The third-order valence-electron chi connectivity index (χ3n) is 2.42. The molecule has 0 unspecified atom stereocenters. The summed E-state index contributed by atoms with van der Waals surface area (Å²) in [6, 6.07) is 5.10. The molecule has 7 heteroatoms. The summed E-state index contributed by atoms with van der Waals surface area (Å²) in [6.07, 6.45) is 0.